The van der Waals surface area contributed by atoms with E-state index in [4.69, 9.17) is 4.42 Å². The number of furan rings is 1. The second-order valence-corrected chi connectivity index (χ2v) is 5.37. The Morgan fingerprint density at radius 1 is 1.30 bits per heavy atom. The molecule has 0 fully saturated rings. The van der Waals surface area contributed by atoms with Crippen molar-refractivity contribution in [1.29, 1.82) is 0 Å². The van der Waals surface area contributed by atoms with E-state index in [2.05, 4.69) is 10.4 Å². The molecule has 6 heteroatoms. The fraction of sp³-hybridized carbons (Fsp3) is 0.235. The Labute approximate surface area is 133 Å². The third kappa shape index (κ3) is 3.67. The predicted octanol–water partition coefficient (Wildman–Crippen LogP) is 2.56. The molecule has 0 amide bonds. The number of hydrogen-bond acceptors (Lipinski definition) is 4. The fourth-order valence-corrected chi connectivity index (χ4v) is 2.51. The SMILES string of the molecule is Cn1cc(C(NCC(O)c2ccco2)c2cccc(F)c2)cn1. The van der Waals surface area contributed by atoms with Gasteiger partial charge in [0.05, 0.1) is 18.5 Å². The smallest absolute Gasteiger partial charge is 0.133 e. The van der Waals surface area contributed by atoms with Crippen molar-refractivity contribution in [3.05, 3.63) is 77.8 Å². The highest BCUT2D eigenvalue weighted by molar-refractivity contribution is 5.29. The summed E-state index contributed by atoms with van der Waals surface area (Å²) in [6.45, 7) is 0.267. The molecule has 3 rings (SSSR count). The molecule has 23 heavy (non-hydrogen) atoms. The summed E-state index contributed by atoms with van der Waals surface area (Å²) < 4.78 is 20.4. The van der Waals surface area contributed by atoms with Crippen molar-refractivity contribution < 1.29 is 13.9 Å². The zero-order chi connectivity index (χ0) is 16.2. The number of aliphatic hydroxyl groups excluding tert-OH is 1. The minimum Gasteiger partial charge on any atom is -0.467 e. The molecule has 2 unspecified atom stereocenters. The zero-order valence-corrected chi connectivity index (χ0v) is 12.7. The van der Waals surface area contributed by atoms with E-state index in [1.54, 1.807) is 29.1 Å². The van der Waals surface area contributed by atoms with Gasteiger partial charge in [-0.05, 0) is 29.8 Å². The van der Waals surface area contributed by atoms with Crippen molar-refractivity contribution in [2.45, 2.75) is 12.1 Å². The van der Waals surface area contributed by atoms with Crippen molar-refractivity contribution >= 4 is 0 Å². The maximum atomic E-state index is 13.6. The minimum atomic E-state index is -0.780. The summed E-state index contributed by atoms with van der Waals surface area (Å²) in [6.07, 6.45) is 4.32. The molecule has 2 atom stereocenters. The van der Waals surface area contributed by atoms with Gasteiger partial charge in [-0.25, -0.2) is 4.39 Å². The highest BCUT2D eigenvalue weighted by Crippen LogP contribution is 2.23. The van der Waals surface area contributed by atoms with E-state index in [0.29, 0.717) is 5.76 Å². The molecule has 2 heterocycles. The lowest BCUT2D eigenvalue weighted by molar-refractivity contribution is 0.145. The average Bonchev–Trinajstić information content (AvgIpc) is 3.19. The molecule has 0 aliphatic rings. The summed E-state index contributed by atoms with van der Waals surface area (Å²) in [5.41, 5.74) is 1.66. The number of rotatable bonds is 6. The van der Waals surface area contributed by atoms with Gasteiger partial charge in [0, 0.05) is 25.4 Å². The molecule has 0 saturated heterocycles. The number of nitrogens with one attached hydrogen (secondary N) is 1. The van der Waals surface area contributed by atoms with Crippen LogP contribution in [0.3, 0.4) is 0 Å². The lowest BCUT2D eigenvalue weighted by Gasteiger charge is -2.20. The van der Waals surface area contributed by atoms with Crippen LogP contribution in [-0.4, -0.2) is 21.4 Å². The summed E-state index contributed by atoms with van der Waals surface area (Å²) >= 11 is 0. The van der Waals surface area contributed by atoms with Gasteiger partial charge in [0.15, 0.2) is 0 Å². The van der Waals surface area contributed by atoms with E-state index in [9.17, 15) is 9.50 Å². The summed E-state index contributed by atoms with van der Waals surface area (Å²) in [5.74, 6) is 0.187. The minimum absolute atomic E-state index is 0.267. The molecule has 5 nitrogen and oxygen atoms in total. The van der Waals surface area contributed by atoms with E-state index in [1.807, 2.05) is 19.3 Å². The maximum Gasteiger partial charge on any atom is 0.133 e. The largest absolute Gasteiger partial charge is 0.467 e. The van der Waals surface area contributed by atoms with Gasteiger partial charge < -0.3 is 14.8 Å². The second-order valence-electron chi connectivity index (χ2n) is 5.37. The van der Waals surface area contributed by atoms with Crippen molar-refractivity contribution in [2.24, 2.45) is 7.05 Å². The summed E-state index contributed by atoms with van der Waals surface area (Å²) in [6, 6.07) is 9.55. The van der Waals surface area contributed by atoms with E-state index in [0.717, 1.165) is 11.1 Å². The normalized spacial score (nSPS) is 13.9. The van der Waals surface area contributed by atoms with Gasteiger partial charge in [-0.15, -0.1) is 0 Å². The Bertz CT molecular complexity index is 755. The van der Waals surface area contributed by atoms with Gasteiger partial charge in [-0.3, -0.25) is 4.68 Å². The Morgan fingerprint density at radius 2 is 2.17 bits per heavy atom. The first-order valence-corrected chi connectivity index (χ1v) is 7.32. The van der Waals surface area contributed by atoms with Crippen LogP contribution < -0.4 is 5.32 Å². The van der Waals surface area contributed by atoms with E-state index in [1.165, 1.54) is 18.4 Å². The highest BCUT2D eigenvalue weighted by atomic mass is 19.1. The topological polar surface area (TPSA) is 63.2 Å². The molecule has 3 aromatic rings. The first-order valence-electron chi connectivity index (χ1n) is 7.32. The Hall–Kier alpha value is -2.44. The first-order chi connectivity index (χ1) is 11.1. The summed E-state index contributed by atoms with van der Waals surface area (Å²) in [4.78, 5) is 0. The molecule has 120 valence electrons. The van der Waals surface area contributed by atoms with Gasteiger partial charge in [-0.1, -0.05) is 12.1 Å². The monoisotopic (exact) mass is 315 g/mol. The molecule has 0 saturated carbocycles. The molecular formula is C17H18FN3O2. The number of aliphatic hydroxyl groups is 1. The molecule has 0 aliphatic heterocycles. The quantitative estimate of drug-likeness (QED) is 0.734. The van der Waals surface area contributed by atoms with Crippen LogP contribution in [0.15, 0.2) is 59.5 Å². The molecule has 0 radical (unpaired) electrons. The molecule has 2 aromatic heterocycles. The predicted molar refractivity (Wildman–Crippen MR) is 83.1 cm³/mol. The average molecular weight is 315 g/mol. The van der Waals surface area contributed by atoms with Gasteiger partial charge >= 0.3 is 0 Å². The van der Waals surface area contributed by atoms with Crippen LogP contribution in [0.2, 0.25) is 0 Å². The van der Waals surface area contributed by atoms with Crippen LogP contribution in [0.4, 0.5) is 4.39 Å². The zero-order valence-electron chi connectivity index (χ0n) is 12.7. The van der Waals surface area contributed by atoms with Crippen molar-refractivity contribution in [2.75, 3.05) is 6.54 Å². The van der Waals surface area contributed by atoms with Gasteiger partial charge in [0.25, 0.3) is 0 Å². The van der Waals surface area contributed by atoms with Gasteiger partial charge in [0.1, 0.15) is 17.7 Å². The van der Waals surface area contributed by atoms with Crippen molar-refractivity contribution in [1.82, 2.24) is 15.1 Å². The van der Waals surface area contributed by atoms with Crippen LogP contribution in [0, 0.1) is 5.82 Å². The van der Waals surface area contributed by atoms with Crippen LogP contribution in [0.25, 0.3) is 0 Å². The van der Waals surface area contributed by atoms with Gasteiger partial charge in [0.2, 0.25) is 0 Å². The Kier molecular flexibility index (Phi) is 4.55. The number of halogens is 1. The van der Waals surface area contributed by atoms with E-state index in [-0.39, 0.29) is 18.4 Å². The maximum absolute atomic E-state index is 13.6. The fourth-order valence-electron chi connectivity index (χ4n) is 2.51. The van der Waals surface area contributed by atoms with Crippen LogP contribution in [0.1, 0.15) is 29.0 Å². The first kappa shape index (κ1) is 15.5. The summed E-state index contributed by atoms with van der Waals surface area (Å²) in [7, 11) is 1.82. The Morgan fingerprint density at radius 3 is 2.83 bits per heavy atom. The van der Waals surface area contributed by atoms with Crippen molar-refractivity contribution in [3.8, 4) is 0 Å². The van der Waals surface area contributed by atoms with E-state index >= 15 is 0 Å². The lowest BCUT2D eigenvalue weighted by atomic mass is 10.0. The molecule has 0 bridgehead atoms. The Balaban J connectivity index is 1.81. The molecule has 2 N–H and O–H groups in total. The number of benzene rings is 1. The number of aromatic nitrogens is 2. The van der Waals surface area contributed by atoms with Crippen LogP contribution in [0.5, 0.6) is 0 Å². The van der Waals surface area contributed by atoms with Crippen LogP contribution in [-0.2, 0) is 7.05 Å². The number of aryl methyl sites for hydroxylation is 1. The molecule has 0 spiro atoms. The van der Waals surface area contributed by atoms with Crippen molar-refractivity contribution in [3.63, 3.8) is 0 Å². The highest BCUT2D eigenvalue weighted by Gasteiger charge is 2.19. The number of nitrogens with zero attached hydrogens (tertiary/aromatic N) is 2. The standard InChI is InChI=1S/C17H18FN3O2/c1-21-11-13(9-20-21)17(12-4-2-5-14(18)8-12)19-10-15(22)16-6-3-7-23-16/h2-9,11,15,17,19,22H,10H2,1H3. The molecule has 0 aliphatic carbocycles. The second kappa shape index (κ2) is 6.76. The van der Waals surface area contributed by atoms with Gasteiger partial charge in [-0.2, -0.15) is 5.10 Å². The third-order valence-electron chi connectivity index (χ3n) is 3.63. The number of hydrogen-bond donors (Lipinski definition) is 2. The molecular weight excluding hydrogens is 297 g/mol. The summed E-state index contributed by atoms with van der Waals surface area (Å²) in [5, 5.41) is 17.6. The lowest BCUT2D eigenvalue weighted by Crippen LogP contribution is -2.27. The third-order valence-corrected chi connectivity index (χ3v) is 3.63. The van der Waals surface area contributed by atoms with Crippen LogP contribution >= 0.6 is 0 Å². The van der Waals surface area contributed by atoms with E-state index < -0.39 is 6.10 Å². The molecule has 1 aromatic carbocycles.